The summed E-state index contributed by atoms with van der Waals surface area (Å²) in [5.74, 6) is -0.193. The summed E-state index contributed by atoms with van der Waals surface area (Å²) >= 11 is 0. The third-order valence-corrected chi connectivity index (χ3v) is 4.42. The first-order chi connectivity index (χ1) is 8.75. The van der Waals surface area contributed by atoms with Crippen molar-refractivity contribution in [2.75, 3.05) is 6.54 Å². The van der Waals surface area contributed by atoms with Crippen molar-refractivity contribution in [3.63, 3.8) is 0 Å². The number of hydrogen-bond acceptors (Lipinski definition) is 1. The Hall–Kier alpha value is -1.35. The molecule has 1 aliphatic rings. The molecular weight excluding hydrogens is 227 g/mol. The fraction of sp³-hybridized carbons (Fsp3) is 0.467. The van der Waals surface area contributed by atoms with E-state index in [4.69, 9.17) is 5.73 Å². The van der Waals surface area contributed by atoms with Crippen LogP contribution in [0.1, 0.15) is 37.7 Å². The summed E-state index contributed by atoms with van der Waals surface area (Å²) < 4.78 is 13.2. The van der Waals surface area contributed by atoms with Crippen LogP contribution in [0.5, 0.6) is 0 Å². The molecule has 0 saturated heterocycles. The van der Waals surface area contributed by atoms with Crippen LogP contribution in [0.2, 0.25) is 0 Å². The van der Waals surface area contributed by atoms with Crippen molar-refractivity contribution in [1.82, 2.24) is 4.98 Å². The summed E-state index contributed by atoms with van der Waals surface area (Å²) in [5, 5.41) is 1.13. The Kier molecular flexibility index (Phi) is 2.86. The second-order valence-corrected chi connectivity index (χ2v) is 5.44. The first kappa shape index (κ1) is 11.7. The van der Waals surface area contributed by atoms with Gasteiger partial charge in [0.15, 0.2) is 0 Å². The molecule has 3 N–H and O–H groups in total. The predicted octanol–water partition coefficient (Wildman–Crippen LogP) is 3.47. The Morgan fingerprint density at radius 3 is 2.72 bits per heavy atom. The predicted molar refractivity (Wildman–Crippen MR) is 72.1 cm³/mol. The highest BCUT2D eigenvalue weighted by molar-refractivity contribution is 5.84. The highest BCUT2D eigenvalue weighted by atomic mass is 19.1. The molecule has 1 aliphatic carbocycles. The smallest absolute Gasteiger partial charge is 0.125 e. The highest BCUT2D eigenvalue weighted by Gasteiger charge is 2.34. The van der Waals surface area contributed by atoms with E-state index in [0.29, 0.717) is 6.54 Å². The average Bonchev–Trinajstić information content (AvgIpc) is 2.83. The van der Waals surface area contributed by atoms with Crippen LogP contribution < -0.4 is 5.73 Å². The lowest BCUT2D eigenvalue weighted by Crippen LogP contribution is -2.36. The molecule has 1 aromatic heterocycles. The fourth-order valence-corrected chi connectivity index (χ4v) is 3.35. The van der Waals surface area contributed by atoms with Crippen LogP contribution >= 0.6 is 0 Å². The number of rotatable bonds is 2. The van der Waals surface area contributed by atoms with E-state index in [9.17, 15) is 4.39 Å². The van der Waals surface area contributed by atoms with Crippen molar-refractivity contribution in [2.45, 2.75) is 37.5 Å². The summed E-state index contributed by atoms with van der Waals surface area (Å²) in [6.07, 6.45) is 8.11. The third-order valence-electron chi connectivity index (χ3n) is 4.42. The van der Waals surface area contributed by atoms with E-state index in [-0.39, 0.29) is 11.2 Å². The molecule has 0 spiro atoms. The van der Waals surface area contributed by atoms with Crippen LogP contribution in [0.3, 0.4) is 0 Å². The highest BCUT2D eigenvalue weighted by Crippen LogP contribution is 2.41. The molecule has 3 heteroatoms. The number of hydrogen-bond donors (Lipinski definition) is 2. The van der Waals surface area contributed by atoms with Crippen LogP contribution in [-0.2, 0) is 5.41 Å². The van der Waals surface area contributed by atoms with Crippen LogP contribution in [0, 0.1) is 5.82 Å². The molecule has 0 radical (unpaired) electrons. The maximum atomic E-state index is 13.2. The van der Waals surface area contributed by atoms with Crippen molar-refractivity contribution in [1.29, 1.82) is 0 Å². The van der Waals surface area contributed by atoms with E-state index in [0.717, 1.165) is 23.7 Å². The van der Waals surface area contributed by atoms with E-state index in [1.54, 1.807) is 6.07 Å². The van der Waals surface area contributed by atoms with Crippen molar-refractivity contribution in [3.8, 4) is 0 Å². The van der Waals surface area contributed by atoms with Gasteiger partial charge in [-0.15, -0.1) is 0 Å². The van der Waals surface area contributed by atoms with Crippen molar-refractivity contribution < 1.29 is 4.39 Å². The lowest BCUT2D eigenvalue weighted by Gasteiger charge is -2.36. The van der Waals surface area contributed by atoms with Crippen LogP contribution in [-0.4, -0.2) is 11.5 Å². The fourth-order valence-electron chi connectivity index (χ4n) is 3.35. The maximum Gasteiger partial charge on any atom is 0.125 e. The lowest BCUT2D eigenvalue weighted by atomic mass is 9.69. The van der Waals surface area contributed by atoms with Crippen molar-refractivity contribution in [3.05, 3.63) is 35.8 Å². The SMILES string of the molecule is NCC1(c2c[nH]c3cc(F)ccc23)CCCCC1. The molecular formula is C15H19FN2. The molecule has 1 saturated carbocycles. The zero-order chi connectivity index (χ0) is 12.6. The number of aromatic nitrogens is 1. The maximum absolute atomic E-state index is 13.2. The number of benzene rings is 1. The van der Waals surface area contributed by atoms with Gasteiger partial charge < -0.3 is 10.7 Å². The van der Waals surface area contributed by atoms with Gasteiger partial charge in [-0.2, -0.15) is 0 Å². The molecule has 0 atom stereocenters. The minimum absolute atomic E-state index is 0.0916. The number of nitrogens with two attached hydrogens (primary N) is 1. The van der Waals surface area contributed by atoms with Gasteiger partial charge >= 0.3 is 0 Å². The molecule has 18 heavy (non-hydrogen) atoms. The molecule has 1 heterocycles. The Labute approximate surface area is 106 Å². The lowest BCUT2D eigenvalue weighted by molar-refractivity contribution is 0.303. The number of halogens is 1. The minimum atomic E-state index is -0.193. The van der Waals surface area contributed by atoms with Crippen molar-refractivity contribution in [2.24, 2.45) is 5.73 Å². The molecule has 3 rings (SSSR count). The van der Waals surface area contributed by atoms with Gasteiger partial charge in [0.25, 0.3) is 0 Å². The Morgan fingerprint density at radius 1 is 1.22 bits per heavy atom. The largest absolute Gasteiger partial charge is 0.361 e. The van der Waals surface area contributed by atoms with Gasteiger partial charge in [0.05, 0.1) is 0 Å². The molecule has 0 unspecified atom stereocenters. The Morgan fingerprint density at radius 2 is 2.00 bits per heavy atom. The first-order valence-corrected chi connectivity index (χ1v) is 6.72. The minimum Gasteiger partial charge on any atom is -0.361 e. The summed E-state index contributed by atoms with van der Waals surface area (Å²) in [6, 6.07) is 4.97. The van der Waals surface area contributed by atoms with Gasteiger partial charge in [-0.05, 0) is 36.6 Å². The van der Waals surface area contributed by atoms with Gasteiger partial charge in [-0.25, -0.2) is 4.39 Å². The van der Waals surface area contributed by atoms with E-state index < -0.39 is 0 Å². The molecule has 1 fully saturated rings. The zero-order valence-corrected chi connectivity index (χ0v) is 10.5. The quantitative estimate of drug-likeness (QED) is 0.837. The monoisotopic (exact) mass is 246 g/mol. The normalized spacial score (nSPS) is 19.2. The van der Waals surface area contributed by atoms with Crippen LogP contribution in [0.4, 0.5) is 4.39 Å². The molecule has 2 aromatic rings. The third kappa shape index (κ3) is 1.74. The van der Waals surface area contributed by atoms with Gasteiger partial charge in [0, 0.05) is 29.1 Å². The zero-order valence-electron chi connectivity index (χ0n) is 10.5. The topological polar surface area (TPSA) is 41.8 Å². The summed E-state index contributed by atoms with van der Waals surface area (Å²) in [4.78, 5) is 3.19. The Bertz CT molecular complexity index is 553. The van der Waals surface area contributed by atoms with Gasteiger partial charge in [-0.1, -0.05) is 19.3 Å². The van der Waals surface area contributed by atoms with Crippen LogP contribution in [0.25, 0.3) is 10.9 Å². The van der Waals surface area contributed by atoms with Gasteiger partial charge in [0.2, 0.25) is 0 Å². The molecule has 0 amide bonds. The number of nitrogens with one attached hydrogen (secondary N) is 1. The molecule has 0 bridgehead atoms. The Balaban J connectivity index is 2.12. The summed E-state index contributed by atoms with van der Waals surface area (Å²) in [7, 11) is 0. The van der Waals surface area contributed by atoms with Gasteiger partial charge in [0.1, 0.15) is 5.82 Å². The standard InChI is InChI=1S/C15H19FN2/c16-11-4-5-12-13(9-18-14(12)8-11)15(10-17)6-2-1-3-7-15/h4-5,8-9,18H,1-3,6-7,10,17H2. The summed E-state index contributed by atoms with van der Waals surface area (Å²) in [5.41, 5.74) is 8.31. The van der Waals surface area contributed by atoms with E-state index >= 15 is 0 Å². The molecule has 0 aliphatic heterocycles. The van der Waals surface area contributed by atoms with E-state index in [1.807, 2.05) is 12.3 Å². The first-order valence-electron chi connectivity index (χ1n) is 6.72. The van der Waals surface area contributed by atoms with E-state index in [2.05, 4.69) is 4.98 Å². The molecule has 2 nitrogen and oxygen atoms in total. The molecule has 96 valence electrons. The second-order valence-electron chi connectivity index (χ2n) is 5.44. The molecule has 1 aromatic carbocycles. The van der Waals surface area contributed by atoms with Crippen molar-refractivity contribution >= 4 is 10.9 Å². The van der Waals surface area contributed by atoms with Gasteiger partial charge in [-0.3, -0.25) is 0 Å². The van der Waals surface area contributed by atoms with E-state index in [1.165, 1.54) is 30.9 Å². The number of H-pyrrole nitrogens is 1. The average molecular weight is 246 g/mol. The van der Waals surface area contributed by atoms with Crippen LogP contribution in [0.15, 0.2) is 24.4 Å². The number of fused-ring (bicyclic) bond motifs is 1. The summed E-state index contributed by atoms with van der Waals surface area (Å²) in [6.45, 7) is 0.678. The second kappa shape index (κ2) is 4.39. The number of aromatic amines is 1.